The molecule has 0 heterocycles. The number of amides is 1. The maximum Gasteiger partial charge on any atom is 0.268 e. The third kappa shape index (κ3) is 5.04. The molecule has 0 saturated heterocycles. The lowest BCUT2D eigenvalue weighted by molar-refractivity contribution is -0.119. The maximum atomic E-state index is 13.6. The molecule has 2 rings (SSSR count). The Kier molecular flexibility index (Phi) is 7.07. The Balaban J connectivity index is 2.60. The third-order valence-corrected chi connectivity index (χ3v) is 6.04. The molecule has 2 aromatic carbocycles. The molecular formula is C21H28N2O4S. The smallest absolute Gasteiger partial charge is 0.268 e. The number of benzene rings is 2. The summed E-state index contributed by atoms with van der Waals surface area (Å²) in [6.45, 7) is 7.73. The van der Waals surface area contributed by atoms with Gasteiger partial charge in [-0.1, -0.05) is 19.1 Å². The topological polar surface area (TPSA) is 75.7 Å². The van der Waals surface area contributed by atoms with E-state index in [9.17, 15) is 13.2 Å². The van der Waals surface area contributed by atoms with Gasteiger partial charge in [0.2, 0.25) is 5.91 Å². The first kappa shape index (κ1) is 21.8. The van der Waals surface area contributed by atoms with E-state index in [1.54, 1.807) is 30.3 Å². The standard InChI is InChI=1S/C21H28N2O4S/c1-6-9-22-21(24)14-23(18-11-16(3)10-17(4)12-18)28(25,26)20-13-15(2)7-8-19(20)27-5/h7-8,10-13H,6,9,14H2,1-5H3,(H,22,24). The zero-order valence-electron chi connectivity index (χ0n) is 17.1. The van der Waals surface area contributed by atoms with Gasteiger partial charge in [-0.3, -0.25) is 9.10 Å². The predicted molar refractivity (Wildman–Crippen MR) is 111 cm³/mol. The molecule has 0 unspecified atom stereocenters. The summed E-state index contributed by atoms with van der Waals surface area (Å²) < 4.78 is 33.6. The molecule has 0 spiro atoms. The molecule has 152 valence electrons. The molecule has 0 atom stereocenters. The van der Waals surface area contributed by atoms with Crippen molar-refractivity contribution in [3.8, 4) is 5.75 Å². The number of rotatable bonds is 8. The Hall–Kier alpha value is -2.54. The highest BCUT2D eigenvalue weighted by atomic mass is 32.2. The first-order valence-electron chi connectivity index (χ1n) is 9.21. The van der Waals surface area contributed by atoms with E-state index in [1.165, 1.54) is 7.11 Å². The van der Waals surface area contributed by atoms with Crippen molar-refractivity contribution in [2.45, 2.75) is 39.0 Å². The van der Waals surface area contributed by atoms with Crippen molar-refractivity contribution in [2.75, 3.05) is 24.5 Å². The molecular weight excluding hydrogens is 376 g/mol. The molecule has 0 aliphatic rings. The van der Waals surface area contributed by atoms with Gasteiger partial charge >= 0.3 is 0 Å². The van der Waals surface area contributed by atoms with Gasteiger partial charge in [-0.25, -0.2) is 8.42 Å². The molecule has 2 aromatic rings. The number of anilines is 1. The average molecular weight is 405 g/mol. The predicted octanol–water partition coefficient (Wildman–Crippen LogP) is 3.34. The van der Waals surface area contributed by atoms with Gasteiger partial charge in [0.05, 0.1) is 12.8 Å². The first-order chi connectivity index (χ1) is 13.2. The summed E-state index contributed by atoms with van der Waals surface area (Å²) in [5.74, 6) is -0.106. The van der Waals surface area contributed by atoms with Crippen LogP contribution >= 0.6 is 0 Å². The van der Waals surface area contributed by atoms with Crippen LogP contribution in [-0.4, -0.2) is 34.5 Å². The summed E-state index contributed by atoms with van der Waals surface area (Å²) in [6, 6.07) is 10.5. The fourth-order valence-corrected chi connectivity index (χ4v) is 4.61. The second-order valence-corrected chi connectivity index (χ2v) is 8.69. The van der Waals surface area contributed by atoms with Crippen LogP contribution in [0.3, 0.4) is 0 Å². The largest absolute Gasteiger partial charge is 0.495 e. The minimum absolute atomic E-state index is 0.0393. The zero-order chi connectivity index (χ0) is 20.9. The summed E-state index contributed by atoms with van der Waals surface area (Å²) in [5, 5.41) is 2.75. The molecule has 28 heavy (non-hydrogen) atoms. The van der Waals surface area contributed by atoms with Gasteiger partial charge in [0.1, 0.15) is 17.2 Å². The Bertz CT molecular complexity index is 935. The highest BCUT2D eigenvalue weighted by molar-refractivity contribution is 7.93. The third-order valence-electron chi connectivity index (χ3n) is 4.24. The fraction of sp³-hybridized carbons (Fsp3) is 0.381. The van der Waals surface area contributed by atoms with Gasteiger partial charge in [0.25, 0.3) is 10.0 Å². The maximum absolute atomic E-state index is 13.6. The molecule has 7 heteroatoms. The number of hydrogen-bond donors (Lipinski definition) is 1. The number of methoxy groups -OCH3 is 1. The second kappa shape index (κ2) is 9.10. The molecule has 0 saturated carbocycles. The van der Waals surface area contributed by atoms with Crippen molar-refractivity contribution in [2.24, 2.45) is 0 Å². The van der Waals surface area contributed by atoms with Gasteiger partial charge in [-0.2, -0.15) is 0 Å². The molecule has 0 aliphatic carbocycles. The normalized spacial score (nSPS) is 11.2. The van der Waals surface area contributed by atoms with Gasteiger partial charge in [-0.15, -0.1) is 0 Å². The van der Waals surface area contributed by atoms with E-state index in [2.05, 4.69) is 5.32 Å². The molecule has 1 amide bonds. The molecule has 0 fully saturated rings. The number of carbonyl (C=O) groups excluding carboxylic acids is 1. The Morgan fingerprint density at radius 1 is 1.04 bits per heavy atom. The molecule has 0 radical (unpaired) electrons. The summed E-state index contributed by atoms with van der Waals surface area (Å²) in [7, 11) is -2.60. The lowest BCUT2D eigenvalue weighted by atomic mass is 10.1. The fourth-order valence-electron chi connectivity index (χ4n) is 2.96. The monoisotopic (exact) mass is 404 g/mol. The van der Waals surface area contributed by atoms with E-state index in [4.69, 9.17) is 4.74 Å². The summed E-state index contributed by atoms with van der Waals surface area (Å²) in [6.07, 6.45) is 0.772. The Morgan fingerprint density at radius 3 is 2.25 bits per heavy atom. The highest BCUT2D eigenvalue weighted by Gasteiger charge is 2.30. The quantitative estimate of drug-likeness (QED) is 0.732. The summed E-state index contributed by atoms with van der Waals surface area (Å²) >= 11 is 0. The number of carbonyl (C=O) groups is 1. The van der Waals surface area contributed by atoms with Crippen LogP contribution in [-0.2, 0) is 14.8 Å². The van der Waals surface area contributed by atoms with Crippen LogP contribution < -0.4 is 14.4 Å². The van der Waals surface area contributed by atoms with Gasteiger partial charge in [0, 0.05) is 6.54 Å². The number of hydrogen-bond acceptors (Lipinski definition) is 4. The Labute approximate surface area is 167 Å². The van der Waals surface area contributed by atoms with Gasteiger partial charge in [0.15, 0.2) is 0 Å². The molecule has 0 bridgehead atoms. The van der Waals surface area contributed by atoms with Crippen molar-refractivity contribution in [3.05, 3.63) is 53.1 Å². The van der Waals surface area contributed by atoms with E-state index in [0.29, 0.717) is 12.2 Å². The average Bonchev–Trinajstić information content (AvgIpc) is 2.63. The number of sulfonamides is 1. The van der Waals surface area contributed by atoms with E-state index in [-0.39, 0.29) is 23.1 Å². The summed E-state index contributed by atoms with van der Waals surface area (Å²) in [4.78, 5) is 12.4. The van der Waals surface area contributed by atoms with Crippen LogP contribution in [0.5, 0.6) is 5.75 Å². The van der Waals surface area contributed by atoms with Crippen LogP contribution in [0.2, 0.25) is 0 Å². The molecule has 6 nitrogen and oxygen atoms in total. The van der Waals surface area contributed by atoms with Crippen LogP contribution in [0.15, 0.2) is 41.3 Å². The van der Waals surface area contributed by atoms with Crippen molar-refractivity contribution < 1.29 is 17.9 Å². The van der Waals surface area contributed by atoms with Crippen molar-refractivity contribution in [3.63, 3.8) is 0 Å². The van der Waals surface area contributed by atoms with E-state index >= 15 is 0 Å². The molecule has 0 aliphatic heterocycles. The van der Waals surface area contributed by atoms with E-state index in [1.807, 2.05) is 33.8 Å². The second-order valence-electron chi connectivity index (χ2n) is 6.86. The van der Waals surface area contributed by atoms with Crippen LogP contribution in [0, 0.1) is 20.8 Å². The first-order valence-corrected chi connectivity index (χ1v) is 10.7. The highest BCUT2D eigenvalue weighted by Crippen LogP contribution is 2.31. The molecule has 1 N–H and O–H groups in total. The number of ether oxygens (including phenoxy) is 1. The van der Waals surface area contributed by atoms with E-state index < -0.39 is 10.0 Å². The lowest BCUT2D eigenvalue weighted by Crippen LogP contribution is -2.41. The Morgan fingerprint density at radius 2 is 1.68 bits per heavy atom. The number of aryl methyl sites for hydroxylation is 3. The number of nitrogens with zero attached hydrogens (tertiary/aromatic N) is 1. The van der Waals surface area contributed by atoms with Gasteiger partial charge < -0.3 is 10.1 Å². The molecule has 0 aromatic heterocycles. The van der Waals surface area contributed by atoms with E-state index in [0.717, 1.165) is 27.4 Å². The van der Waals surface area contributed by atoms with Crippen LogP contribution in [0.25, 0.3) is 0 Å². The number of nitrogens with one attached hydrogen (secondary N) is 1. The van der Waals surface area contributed by atoms with Crippen LogP contribution in [0.1, 0.15) is 30.0 Å². The van der Waals surface area contributed by atoms with Gasteiger partial charge in [-0.05, 0) is 68.1 Å². The lowest BCUT2D eigenvalue weighted by Gasteiger charge is -2.26. The SMILES string of the molecule is CCCNC(=O)CN(c1cc(C)cc(C)c1)S(=O)(=O)c1cc(C)ccc1OC. The van der Waals surface area contributed by atoms with Crippen LogP contribution in [0.4, 0.5) is 5.69 Å². The summed E-state index contributed by atoms with van der Waals surface area (Å²) in [5.41, 5.74) is 3.07. The minimum Gasteiger partial charge on any atom is -0.495 e. The van der Waals surface area contributed by atoms with Crippen molar-refractivity contribution in [1.82, 2.24) is 5.32 Å². The zero-order valence-corrected chi connectivity index (χ0v) is 17.9. The minimum atomic E-state index is -4.03. The van der Waals surface area contributed by atoms with Crippen molar-refractivity contribution >= 4 is 21.6 Å². The van der Waals surface area contributed by atoms with Crippen molar-refractivity contribution in [1.29, 1.82) is 0 Å².